The minimum Gasteiger partial charge on any atom is -0.495 e. The number of benzene rings is 3. The van der Waals surface area contributed by atoms with E-state index in [-0.39, 0.29) is 5.91 Å². The monoisotopic (exact) mass is 481 g/mol. The van der Waals surface area contributed by atoms with Gasteiger partial charge in [0.15, 0.2) is 0 Å². The Balaban J connectivity index is 1.42. The first-order chi connectivity index (χ1) is 17.5. The van der Waals surface area contributed by atoms with Crippen LogP contribution in [0.25, 0.3) is 0 Å². The van der Waals surface area contributed by atoms with Gasteiger partial charge in [-0.2, -0.15) is 10.1 Å². The van der Waals surface area contributed by atoms with Crippen LogP contribution in [0.1, 0.15) is 29.7 Å². The van der Waals surface area contributed by atoms with Crippen LogP contribution >= 0.6 is 0 Å². The molecule has 182 valence electrons. The van der Waals surface area contributed by atoms with Gasteiger partial charge in [0.1, 0.15) is 30.5 Å². The predicted molar refractivity (Wildman–Crippen MR) is 138 cm³/mol. The molecule has 1 atom stereocenters. The van der Waals surface area contributed by atoms with Crippen LogP contribution in [0.2, 0.25) is 0 Å². The van der Waals surface area contributed by atoms with Crippen molar-refractivity contribution in [3.63, 3.8) is 0 Å². The van der Waals surface area contributed by atoms with Gasteiger partial charge in [-0.1, -0.05) is 48.5 Å². The van der Waals surface area contributed by atoms with Crippen LogP contribution < -0.4 is 20.1 Å². The van der Waals surface area contributed by atoms with Gasteiger partial charge in [0, 0.05) is 5.70 Å². The Bertz CT molecular complexity index is 1430. The number of nitrogens with zero attached hydrogens (tertiary/aromatic N) is 3. The highest BCUT2D eigenvalue weighted by Crippen LogP contribution is 2.36. The third kappa shape index (κ3) is 4.53. The molecule has 3 aromatic carbocycles. The van der Waals surface area contributed by atoms with E-state index in [9.17, 15) is 4.79 Å². The topological polar surface area (TPSA) is 90.3 Å². The number of carbonyl (C=O) groups excluding carboxylic acids is 1. The van der Waals surface area contributed by atoms with E-state index >= 15 is 0 Å². The fourth-order valence-electron chi connectivity index (χ4n) is 4.31. The molecule has 5 rings (SSSR count). The summed E-state index contributed by atoms with van der Waals surface area (Å²) in [7, 11) is 1.57. The molecule has 1 aliphatic heterocycles. The van der Waals surface area contributed by atoms with Crippen LogP contribution in [0.5, 0.6) is 11.5 Å². The molecule has 0 unspecified atom stereocenters. The SMILES string of the molecule is COc1ccccc1NC(=O)C1=C(C)Nc2ncnn2[C@H]1c1ccc(OCc2ccccc2C)cc1. The number of amides is 1. The average Bonchev–Trinajstić information content (AvgIpc) is 3.36. The Morgan fingerprint density at radius 2 is 1.78 bits per heavy atom. The predicted octanol–water partition coefficient (Wildman–Crippen LogP) is 5.10. The number of carbonyl (C=O) groups is 1. The lowest BCUT2D eigenvalue weighted by molar-refractivity contribution is -0.113. The zero-order valence-electron chi connectivity index (χ0n) is 20.4. The summed E-state index contributed by atoms with van der Waals surface area (Å²) in [5.74, 6) is 1.65. The van der Waals surface area contributed by atoms with Crippen molar-refractivity contribution in [2.24, 2.45) is 0 Å². The van der Waals surface area contributed by atoms with Gasteiger partial charge in [0.2, 0.25) is 5.95 Å². The number of aryl methyl sites for hydroxylation is 1. The number of aromatic nitrogens is 3. The van der Waals surface area contributed by atoms with Crippen LogP contribution in [0, 0.1) is 6.92 Å². The first kappa shape index (κ1) is 23.2. The number of anilines is 2. The van der Waals surface area contributed by atoms with E-state index in [1.807, 2.05) is 55.5 Å². The van der Waals surface area contributed by atoms with Crippen LogP contribution in [0.3, 0.4) is 0 Å². The molecule has 4 aromatic rings. The molecule has 0 aliphatic carbocycles. The standard InChI is InChI=1S/C28H27N5O3/c1-18-8-4-5-9-21(18)16-36-22-14-12-20(13-15-22)26-25(19(2)31-28-29-17-30-33(26)28)27(34)32-23-10-6-7-11-24(23)35-3/h4-15,17,26H,16H2,1-3H3,(H,32,34)(H,29,30,31)/t26-/m0/s1. The number of hydrogen-bond acceptors (Lipinski definition) is 6. The summed E-state index contributed by atoms with van der Waals surface area (Å²) >= 11 is 0. The molecule has 1 aromatic heterocycles. The van der Waals surface area contributed by atoms with Crippen molar-refractivity contribution in [3.8, 4) is 11.5 Å². The summed E-state index contributed by atoms with van der Waals surface area (Å²) in [4.78, 5) is 17.9. The van der Waals surface area contributed by atoms with Gasteiger partial charge in [-0.3, -0.25) is 4.79 Å². The van der Waals surface area contributed by atoms with Gasteiger partial charge in [0.25, 0.3) is 5.91 Å². The molecular weight excluding hydrogens is 454 g/mol. The van der Waals surface area contributed by atoms with E-state index < -0.39 is 6.04 Å². The van der Waals surface area contributed by atoms with Gasteiger partial charge in [-0.25, -0.2) is 4.68 Å². The van der Waals surface area contributed by atoms with Gasteiger partial charge in [-0.15, -0.1) is 0 Å². The first-order valence-corrected chi connectivity index (χ1v) is 11.6. The Morgan fingerprint density at radius 1 is 1.03 bits per heavy atom. The summed E-state index contributed by atoms with van der Waals surface area (Å²) < 4.78 is 13.1. The van der Waals surface area contributed by atoms with E-state index in [0.29, 0.717) is 35.3 Å². The summed E-state index contributed by atoms with van der Waals surface area (Å²) in [6, 6.07) is 22.7. The molecule has 2 heterocycles. The second-order valence-electron chi connectivity index (χ2n) is 8.53. The lowest BCUT2D eigenvalue weighted by Crippen LogP contribution is -2.31. The molecule has 0 bridgehead atoms. The van der Waals surface area contributed by atoms with Gasteiger partial charge in [0.05, 0.1) is 18.4 Å². The van der Waals surface area contributed by atoms with E-state index in [1.165, 1.54) is 11.9 Å². The molecule has 0 spiro atoms. The number of nitrogens with one attached hydrogen (secondary N) is 2. The van der Waals surface area contributed by atoms with Crippen molar-refractivity contribution in [2.45, 2.75) is 26.5 Å². The number of rotatable bonds is 7. The highest BCUT2D eigenvalue weighted by Gasteiger charge is 2.33. The summed E-state index contributed by atoms with van der Waals surface area (Å²) in [6.07, 6.45) is 1.48. The lowest BCUT2D eigenvalue weighted by Gasteiger charge is -2.29. The van der Waals surface area contributed by atoms with Crippen LogP contribution in [-0.4, -0.2) is 27.8 Å². The Morgan fingerprint density at radius 3 is 2.56 bits per heavy atom. The molecule has 36 heavy (non-hydrogen) atoms. The molecule has 8 nitrogen and oxygen atoms in total. The minimum atomic E-state index is -0.469. The van der Waals surface area contributed by atoms with Crippen molar-refractivity contribution in [1.82, 2.24) is 14.8 Å². The second-order valence-corrected chi connectivity index (χ2v) is 8.53. The maximum atomic E-state index is 13.6. The number of fused-ring (bicyclic) bond motifs is 1. The van der Waals surface area contributed by atoms with E-state index in [4.69, 9.17) is 9.47 Å². The van der Waals surface area contributed by atoms with E-state index in [2.05, 4.69) is 39.8 Å². The molecule has 0 saturated heterocycles. The summed E-state index contributed by atoms with van der Waals surface area (Å²) in [6.45, 7) is 4.42. The first-order valence-electron chi connectivity index (χ1n) is 11.6. The molecule has 0 saturated carbocycles. The van der Waals surface area contributed by atoms with Crippen molar-refractivity contribution in [1.29, 1.82) is 0 Å². The molecule has 0 fully saturated rings. The Labute approximate surface area is 209 Å². The highest BCUT2D eigenvalue weighted by atomic mass is 16.5. The third-order valence-electron chi connectivity index (χ3n) is 6.25. The molecule has 1 amide bonds. The molecular formula is C28H27N5O3. The maximum absolute atomic E-state index is 13.6. The molecule has 2 N–H and O–H groups in total. The van der Waals surface area contributed by atoms with Crippen LogP contribution in [0.15, 0.2) is 90.4 Å². The smallest absolute Gasteiger partial charge is 0.255 e. The number of para-hydroxylation sites is 2. The molecule has 8 heteroatoms. The zero-order chi connectivity index (χ0) is 25.1. The molecule has 0 radical (unpaired) electrons. The quantitative estimate of drug-likeness (QED) is 0.382. The van der Waals surface area contributed by atoms with Crippen LogP contribution in [-0.2, 0) is 11.4 Å². The maximum Gasteiger partial charge on any atom is 0.255 e. The van der Waals surface area contributed by atoms with Crippen LogP contribution in [0.4, 0.5) is 11.6 Å². The summed E-state index contributed by atoms with van der Waals surface area (Å²) in [5, 5.41) is 10.6. The number of ether oxygens (including phenoxy) is 2. The van der Waals surface area contributed by atoms with Crippen molar-refractivity contribution in [3.05, 3.63) is 107 Å². The lowest BCUT2D eigenvalue weighted by atomic mass is 9.95. The Hall–Kier alpha value is -4.59. The van der Waals surface area contributed by atoms with Crippen molar-refractivity contribution >= 4 is 17.5 Å². The highest BCUT2D eigenvalue weighted by molar-refractivity contribution is 6.06. The summed E-state index contributed by atoms with van der Waals surface area (Å²) in [5.41, 5.74) is 5.04. The largest absolute Gasteiger partial charge is 0.495 e. The molecule has 1 aliphatic rings. The van der Waals surface area contributed by atoms with Gasteiger partial charge < -0.3 is 20.1 Å². The minimum absolute atomic E-state index is 0.254. The fourth-order valence-corrected chi connectivity index (χ4v) is 4.31. The van der Waals surface area contributed by atoms with Crippen molar-refractivity contribution in [2.75, 3.05) is 17.7 Å². The zero-order valence-corrected chi connectivity index (χ0v) is 20.4. The number of methoxy groups -OCH3 is 1. The average molecular weight is 482 g/mol. The van der Waals surface area contributed by atoms with E-state index in [0.717, 1.165) is 16.9 Å². The third-order valence-corrected chi connectivity index (χ3v) is 6.25. The number of hydrogen-bond donors (Lipinski definition) is 2. The fraction of sp³-hybridized carbons (Fsp3) is 0.179. The Kier molecular flexibility index (Phi) is 6.40. The van der Waals surface area contributed by atoms with Crippen molar-refractivity contribution < 1.29 is 14.3 Å². The normalized spacial score (nSPS) is 14.6. The van der Waals surface area contributed by atoms with Gasteiger partial charge in [-0.05, 0) is 54.8 Å². The van der Waals surface area contributed by atoms with E-state index in [1.54, 1.807) is 23.9 Å². The number of allylic oxidation sites excluding steroid dienone is 1. The van der Waals surface area contributed by atoms with Gasteiger partial charge >= 0.3 is 0 Å². The second kappa shape index (κ2) is 9.95.